The number of hydrogen-bond acceptors (Lipinski definition) is 2. The quantitative estimate of drug-likeness (QED) is 0.602. The van der Waals surface area contributed by atoms with E-state index in [9.17, 15) is 4.79 Å². The van der Waals surface area contributed by atoms with E-state index in [1.807, 2.05) is 29.3 Å². The first-order chi connectivity index (χ1) is 10.8. The predicted molar refractivity (Wildman–Crippen MR) is 91.7 cm³/mol. The second-order valence-corrected chi connectivity index (χ2v) is 6.35. The average Bonchev–Trinajstić information content (AvgIpc) is 2.94. The highest BCUT2D eigenvalue weighted by atomic mass is 79.9. The number of hydrogen-bond donors (Lipinski definition) is 0. The number of fused-ring (bicyclic) bond motifs is 1. The van der Waals surface area contributed by atoms with Gasteiger partial charge in [0.1, 0.15) is 0 Å². The molecule has 0 atom stereocenters. The first-order valence-electron chi connectivity index (χ1n) is 7.82. The Morgan fingerprint density at radius 1 is 1.18 bits per heavy atom. The average molecular weight is 365 g/mol. The number of benzene rings is 1. The lowest BCUT2D eigenvalue weighted by molar-refractivity contribution is 0.0304. The molecule has 1 fully saturated rings. The van der Waals surface area contributed by atoms with Gasteiger partial charge in [0.05, 0.1) is 18.8 Å². The number of halogens is 1. The van der Waals surface area contributed by atoms with Crippen molar-refractivity contribution in [3.8, 4) is 0 Å². The molecule has 0 saturated carbocycles. The summed E-state index contributed by atoms with van der Waals surface area (Å²) in [4.78, 5) is 14.7. The highest BCUT2D eigenvalue weighted by Crippen LogP contribution is 2.23. The molecule has 1 saturated heterocycles. The van der Waals surface area contributed by atoms with Crippen LogP contribution < -0.4 is 0 Å². The SMILES string of the molecule is O=C(c1cn(CCCCBr)c2ccccc12)N1CCOCC1. The summed E-state index contributed by atoms with van der Waals surface area (Å²) in [5.41, 5.74) is 1.96. The van der Waals surface area contributed by atoms with Crippen LogP contribution in [0.25, 0.3) is 10.9 Å². The van der Waals surface area contributed by atoms with Crippen molar-refractivity contribution >= 4 is 32.7 Å². The van der Waals surface area contributed by atoms with E-state index in [4.69, 9.17) is 4.74 Å². The van der Waals surface area contributed by atoms with Crippen molar-refractivity contribution in [1.29, 1.82) is 0 Å². The van der Waals surface area contributed by atoms with E-state index in [0.29, 0.717) is 26.3 Å². The molecule has 0 bridgehead atoms. The molecule has 3 rings (SSSR count). The van der Waals surface area contributed by atoms with Gasteiger partial charge < -0.3 is 14.2 Å². The third-order valence-corrected chi connectivity index (χ3v) is 4.66. The van der Waals surface area contributed by atoms with Crippen molar-refractivity contribution in [1.82, 2.24) is 9.47 Å². The summed E-state index contributed by atoms with van der Waals surface area (Å²) in [6.07, 6.45) is 4.27. The van der Waals surface area contributed by atoms with Crippen LogP contribution in [0.1, 0.15) is 23.2 Å². The van der Waals surface area contributed by atoms with Crippen molar-refractivity contribution in [3.05, 3.63) is 36.0 Å². The molecule has 22 heavy (non-hydrogen) atoms. The van der Waals surface area contributed by atoms with Crippen LogP contribution in [0.2, 0.25) is 0 Å². The van der Waals surface area contributed by atoms with Crippen molar-refractivity contribution in [2.24, 2.45) is 0 Å². The summed E-state index contributed by atoms with van der Waals surface area (Å²) in [6.45, 7) is 3.58. The summed E-state index contributed by atoms with van der Waals surface area (Å²) in [5.74, 6) is 0.124. The molecule has 118 valence electrons. The Hall–Kier alpha value is -1.33. The van der Waals surface area contributed by atoms with Gasteiger partial charge in [-0.3, -0.25) is 4.79 Å². The van der Waals surface area contributed by atoms with E-state index in [2.05, 4.69) is 26.6 Å². The molecule has 2 heterocycles. The summed E-state index contributed by atoms with van der Waals surface area (Å²) < 4.78 is 7.55. The summed E-state index contributed by atoms with van der Waals surface area (Å²) in [5, 5.41) is 2.07. The van der Waals surface area contributed by atoms with Gasteiger partial charge in [0.25, 0.3) is 5.91 Å². The molecule has 0 spiro atoms. The zero-order valence-electron chi connectivity index (χ0n) is 12.6. The summed E-state index contributed by atoms with van der Waals surface area (Å²) >= 11 is 3.47. The van der Waals surface area contributed by atoms with Gasteiger partial charge in [-0.15, -0.1) is 0 Å². The molecule has 1 aromatic heterocycles. The van der Waals surface area contributed by atoms with Gasteiger partial charge >= 0.3 is 0 Å². The van der Waals surface area contributed by atoms with Crippen molar-refractivity contribution in [2.45, 2.75) is 19.4 Å². The Morgan fingerprint density at radius 3 is 2.73 bits per heavy atom. The van der Waals surface area contributed by atoms with Gasteiger partial charge in [0.2, 0.25) is 0 Å². The smallest absolute Gasteiger partial charge is 0.256 e. The third kappa shape index (κ3) is 3.20. The number of ether oxygens (including phenoxy) is 1. The number of aryl methyl sites for hydroxylation is 1. The number of aromatic nitrogens is 1. The van der Waals surface area contributed by atoms with Crippen molar-refractivity contribution < 1.29 is 9.53 Å². The highest BCUT2D eigenvalue weighted by Gasteiger charge is 2.22. The first-order valence-corrected chi connectivity index (χ1v) is 8.94. The minimum atomic E-state index is 0.124. The van der Waals surface area contributed by atoms with Gasteiger partial charge in [-0.05, 0) is 18.9 Å². The third-order valence-electron chi connectivity index (χ3n) is 4.10. The van der Waals surface area contributed by atoms with Crippen LogP contribution in [-0.4, -0.2) is 47.0 Å². The molecule has 0 radical (unpaired) electrons. The van der Waals surface area contributed by atoms with E-state index in [-0.39, 0.29) is 5.91 Å². The fourth-order valence-corrected chi connectivity index (χ4v) is 3.31. The first kappa shape index (κ1) is 15.6. The van der Waals surface area contributed by atoms with Crippen LogP contribution in [0.15, 0.2) is 30.5 Å². The number of morpholine rings is 1. The zero-order valence-corrected chi connectivity index (χ0v) is 14.2. The van der Waals surface area contributed by atoms with Crippen LogP contribution >= 0.6 is 15.9 Å². The molecule has 1 amide bonds. The van der Waals surface area contributed by atoms with E-state index < -0.39 is 0 Å². The molecule has 0 aliphatic carbocycles. The standard InChI is InChI=1S/C17H21BrN2O2/c18-7-3-4-8-20-13-15(14-5-1-2-6-16(14)20)17(21)19-9-11-22-12-10-19/h1-2,5-6,13H,3-4,7-12H2. The molecule has 0 N–H and O–H groups in total. The number of rotatable bonds is 5. The number of para-hydroxylation sites is 1. The van der Waals surface area contributed by atoms with Gasteiger partial charge in [0.15, 0.2) is 0 Å². The molecule has 5 heteroatoms. The Labute approximate surface area is 139 Å². The Balaban J connectivity index is 1.89. The molecular formula is C17H21BrN2O2. The number of alkyl halides is 1. The number of nitrogens with zero attached hydrogens (tertiary/aromatic N) is 2. The maximum Gasteiger partial charge on any atom is 0.256 e. The van der Waals surface area contributed by atoms with Gasteiger partial charge in [-0.1, -0.05) is 34.1 Å². The monoisotopic (exact) mass is 364 g/mol. The molecule has 4 nitrogen and oxygen atoms in total. The number of unbranched alkanes of at least 4 members (excludes halogenated alkanes) is 1. The zero-order chi connectivity index (χ0) is 15.4. The molecule has 0 unspecified atom stereocenters. The molecule has 2 aromatic rings. The van der Waals surface area contributed by atoms with Gasteiger partial charge in [-0.25, -0.2) is 0 Å². The lowest BCUT2D eigenvalue weighted by Crippen LogP contribution is -2.40. The van der Waals surface area contributed by atoms with Crippen LogP contribution in [0.4, 0.5) is 0 Å². The fraction of sp³-hybridized carbons (Fsp3) is 0.471. The summed E-state index contributed by atoms with van der Waals surface area (Å²) in [7, 11) is 0. The normalized spacial score (nSPS) is 15.4. The predicted octanol–water partition coefficient (Wildman–Crippen LogP) is 3.29. The van der Waals surface area contributed by atoms with E-state index in [1.54, 1.807) is 0 Å². The topological polar surface area (TPSA) is 34.5 Å². The van der Waals surface area contributed by atoms with Crippen molar-refractivity contribution in [2.75, 3.05) is 31.6 Å². The highest BCUT2D eigenvalue weighted by molar-refractivity contribution is 9.09. The fourth-order valence-electron chi connectivity index (χ4n) is 2.92. The lowest BCUT2D eigenvalue weighted by atomic mass is 10.1. The number of amides is 1. The van der Waals surface area contributed by atoms with E-state index in [0.717, 1.165) is 41.2 Å². The van der Waals surface area contributed by atoms with Crippen LogP contribution in [-0.2, 0) is 11.3 Å². The van der Waals surface area contributed by atoms with Crippen LogP contribution in [0.5, 0.6) is 0 Å². The largest absolute Gasteiger partial charge is 0.378 e. The minimum Gasteiger partial charge on any atom is -0.378 e. The molecular weight excluding hydrogens is 344 g/mol. The Bertz CT molecular complexity index is 647. The van der Waals surface area contributed by atoms with Crippen molar-refractivity contribution in [3.63, 3.8) is 0 Å². The van der Waals surface area contributed by atoms with E-state index >= 15 is 0 Å². The summed E-state index contributed by atoms with van der Waals surface area (Å²) in [6, 6.07) is 8.18. The second kappa shape index (κ2) is 7.29. The van der Waals surface area contributed by atoms with Crippen LogP contribution in [0, 0.1) is 0 Å². The minimum absolute atomic E-state index is 0.124. The Morgan fingerprint density at radius 2 is 1.95 bits per heavy atom. The number of carbonyl (C=O) groups is 1. The number of carbonyl (C=O) groups excluding carboxylic acids is 1. The Kier molecular flexibility index (Phi) is 5.16. The second-order valence-electron chi connectivity index (χ2n) is 5.55. The van der Waals surface area contributed by atoms with Gasteiger partial charge in [-0.2, -0.15) is 0 Å². The van der Waals surface area contributed by atoms with Gasteiger partial charge in [0, 0.05) is 42.1 Å². The van der Waals surface area contributed by atoms with E-state index in [1.165, 1.54) is 0 Å². The molecule has 1 aromatic carbocycles. The lowest BCUT2D eigenvalue weighted by Gasteiger charge is -2.26. The van der Waals surface area contributed by atoms with Crippen LogP contribution in [0.3, 0.4) is 0 Å². The maximum absolute atomic E-state index is 12.8. The molecule has 1 aliphatic rings. The molecule has 1 aliphatic heterocycles. The maximum atomic E-state index is 12.8.